The largest absolute Gasteiger partial charge is 0.508 e. The molecule has 1 unspecified atom stereocenters. The summed E-state index contributed by atoms with van der Waals surface area (Å²) in [7, 11) is 0. The van der Waals surface area contributed by atoms with Crippen LogP contribution in [0.4, 0.5) is 5.82 Å². The van der Waals surface area contributed by atoms with Crippen LogP contribution < -0.4 is 4.90 Å². The van der Waals surface area contributed by atoms with Gasteiger partial charge in [0, 0.05) is 24.5 Å². The van der Waals surface area contributed by atoms with Crippen molar-refractivity contribution in [2.75, 3.05) is 18.1 Å². The van der Waals surface area contributed by atoms with Crippen molar-refractivity contribution < 1.29 is 10.2 Å². The standard InChI is InChI=1S/C15H17N3O2/c19-10-12-4-2-8-18(12)15-14(16-6-7-17-15)11-3-1-5-13(20)9-11/h1,3,5-7,9,12,19-20H,2,4,8,10H2. The van der Waals surface area contributed by atoms with Crippen LogP contribution in [0.1, 0.15) is 12.8 Å². The Bertz CT molecular complexity index is 603. The first-order valence-corrected chi connectivity index (χ1v) is 6.77. The summed E-state index contributed by atoms with van der Waals surface area (Å²) in [6.07, 6.45) is 5.31. The summed E-state index contributed by atoms with van der Waals surface area (Å²) in [5, 5.41) is 19.1. The Kier molecular flexibility index (Phi) is 3.52. The first kappa shape index (κ1) is 12.9. The number of aromatic hydroxyl groups is 1. The molecule has 0 saturated carbocycles. The van der Waals surface area contributed by atoms with Crippen LogP contribution in [0.3, 0.4) is 0 Å². The molecule has 0 aliphatic carbocycles. The number of nitrogens with zero attached hydrogens (tertiary/aromatic N) is 3. The highest BCUT2D eigenvalue weighted by Crippen LogP contribution is 2.32. The monoisotopic (exact) mass is 271 g/mol. The van der Waals surface area contributed by atoms with Crippen LogP contribution in [0.15, 0.2) is 36.7 Å². The van der Waals surface area contributed by atoms with Gasteiger partial charge in [-0.2, -0.15) is 0 Å². The van der Waals surface area contributed by atoms with Gasteiger partial charge in [0.2, 0.25) is 0 Å². The molecular formula is C15H17N3O2. The van der Waals surface area contributed by atoms with Gasteiger partial charge in [0.25, 0.3) is 0 Å². The fourth-order valence-corrected chi connectivity index (χ4v) is 2.70. The summed E-state index contributed by atoms with van der Waals surface area (Å²) in [5.41, 5.74) is 1.57. The number of anilines is 1. The lowest BCUT2D eigenvalue weighted by Crippen LogP contribution is -2.33. The van der Waals surface area contributed by atoms with Crippen LogP contribution in [-0.4, -0.2) is 39.4 Å². The zero-order valence-corrected chi connectivity index (χ0v) is 11.1. The second kappa shape index (κ2) is 5.46. The van der Waals surface area contributed by atoms with Crippen molar-refractivity contribution in [3.8, 4) is 17.0 Å². The minimum atomic E-state index is 0.0998. The van der Waals surface area contributed by atoms with Gasteiger partial charge in [-0.05, 0) is 25.0 Å². The molecule has 1 aliphatic rings. The molecule has 0 spiro atoms. The summed E-state index contributed by atoms with van der Waals surface area (Å²) >= 11 is 0. The van der Waals surface area contributed by atoms with Crippen LogP contribution in [0.5, 0.6) is 5.75 Å². The minimum absolute atomic E-state index is 0.0998. The Hall–Kier alpha value is -2.14. The van der Waals surface area contributed by atoms with Gasteiger partial charge in [-0.15, -0.1) is 0 Å². The zero-order valence-electron chi connectivity index (χ0n) is 11.1. The summed E-state index contributed by atoms with van der Waals surface area (Å²) in [5.74, 6) is 0.980. The quantitative estimate of drug-likeness (QED) is 0.891. The zero-order chi connectivity index (χ0) is 13.9. The lowest BCUT2D eigenvalue weighted by molar-refractivity contribution is 0.266. The molecule has 2 aromatic rings. The molecule has 3 rings (SSSR count). The molecule has 1 saturated heterocycles. The summed E-state index contributed by atoms with van der Waals surface area (Å²) in [4.78, 5) is 10.9. The number of rotatable bonds is 3. The third-order valence-electron chi connectivity index (χ3n) is 3.66. The van der Waals surface area contributed by atoms with Gasteiger partial charge in [0.05, 0.1) is 12.6 Å². The molecule has 20 heavy (non-hydrogen) atoms. The molecule has 1 aliphatic heterocycles. The van der Waals surface area contributed by atoms with Crippen LogP contribution in [0, 0.1) is 0 Å². The smallest absolute Gasteiger partial charge is 0.155 e. The Balaban J connectivity index is 2.04. The second-order valence-electron chi connectivity index (χ2n) is 4.95. The number of aliphatic hydroxyl groups excluding tert-OH is 1. The molecule has 1 atom stereocenters. The number of phenols is 1. The van der Waals surface area contributed by atoms with Gasteiger partial charge < -0.3 is 15.1 Å². The maximum absolute atomic E-state index is 9.63. The van der Waals surface area contributed by atoms with Gasteiger partial charge in [-0.1, -0.05) is 12.1 Å². The first-order valence-electron chi connectivity index (χ1n) is 6.77. The predicted molar refractivity (Wildman–Crippen MR) is 76.6 cm³/mol. The van der Waals surface area contributed by atoms with Crippen molar-refractivity contribution in [2.24, 2.45) is 0 Å². The van der Waals surface area contributed by atoms with E-state index in [2.05, 4.69) is 14.9 Å². The molecule has 1 aromatic carbocycles. The third-order valence-corrected chi connectivity index (χ3v) is 3.66. The van der Waals surface area contributed by atoms with Crippen LogP contribution in [-0.2, 0) is 0 Å². The molecular weight excluding hydrogens is 254 g/mol. The number of hydrogen-bond donors (Lipinski definition) is 2. The van der Waals surface area contributed by atoms with Crippen molar-refractivity contribution in [3.05, 3.63) is 36.7 Å². The molecule has 5 nitrogen and oxygen atoms in total. The Morgan fingerprint density at radius 1 is 1.25 bits per heavy atom. The summed E-state index contributed by atoms with van der Waals surface area (Å²) in [6, 6.07) is 7.10. The number of benzene rings is 1. The highest BCUT2D eigenvalue weighted by Gasteiger charge is 2.27. The van der Waals surface area contributed by atoms with Crippen molar-refractivity contribution >= 4 is 5.82 Å². The highest BCUT2D eigenvalue weighted by molar-refractivity contribution is 5.73. The number of phenolic OH excluding ortho intramolecular Hbond substituents is 1. The topological polar surface area (TPSA) is 69.5 Å². The van der Waals surface area contributed by atoms with E-state index in [1.807, 2.05) is 6.07 Å². The molecule has 104 valence electrons. The van der Waals surface area contributed by atoms with E-state index in [1.165, 1.54) is 0 Å². The number of hydrogen-bond acceptors (Lipinski definition) is 5. The van der Waals surface area contributed by atoms with Crippen molar-refractivity contribution in [1.29, 1.82) is 0 Å². The van der Waals surface area contributed by atoms with E-state index in [0.29, 0.717) is 0 Å². The lowest BCUT2D eigenvalue weighted by Gasteiger charge is -2.25. The maximum Gasteiger partial charge on any atom is 0.155 e. The van der Waals surface area contributed by atoms with Crippen molar-refractivity contribution in [3.63, 3.8) is 0 Å². The fourth-order valence-electron chi connectivity index (χ4n) is 2.70. The Morgan fingerprint density at radius 2 is 2.10 bits per heavy atom. The van der Waals surface area contributed by atoms with Gasteiger partial charge in [0.15, 0.2) is 5.82 Å². The summed E-state index contributed by atoms with van der Waals surface area (Å²) in [6.45, 7) is 0.992. The average Bonchev–Trinajstić information content (AvgIpc) is 2.95. The van der Waals surface area contributed by atoms with E-state index in [1.54, 1.807) is 30.6 Å². The van der Waals surface area contributed by atoms with Crippen LogP contribution in [0.2, 0.25) is 0 Å². The maximum atomic E-state index is 9.63. The molecule has 0 amide bonds. The molecule has 2 heterocycles. The normalized spacial score (nSPS) is 18.4. The molecule has 0 bridgehead atoms. The van der Waals surface area contributed by atoms with E-state index >= 15 is 0 Å². The predicted octanol–water partition coefficient (Wildman–Crippen LogP) is 1.81. The van der Waals surface area contributed by atoms with E-state index in [0.717, 1.165) is 36.5 Å². The van der Waals surface area contributed by atoms with Crippen LogP contribution >= 0.6 is 0 Å². The minimum Gasteiger partial charge on any atom is -0.508 e. The average molecular weight is 271 g/mol. The summed E-state index contributed by atoms with van der Waals surface area (Å²) < 4.78 is 0. The third kappa shape index (κ3) is 2.32. The Morgan fingerprint density at radius 3 is 2.90 bits per heavy atom. The fraction of sp³-hybridized carbons (Fsp3) is 0.333. The van der Waals surface area contributed by atoms with Gasteiger partial charge in [-0.25, -0.2) is 4.98 Å². The molecule has 5 heteroatoms. The van der Waals surface area contributed by atoms with Gasteiger partial charge >= 0.3 is 0 Å². The number of aliphatic hydroxyl groups is 1. The van der Waals surface area contributed by atoms with E-state index in [-0.39, 0.29) is 18.4 Å². The molecule has 0 radical (unpaired) electrons. The van der Waals surface area contributed by atoms with Crippen molar-refractivity contribution in [1.82, 2.24) is 9.97 Å². The van der Waals surface area contributed by atoms with E-state index in [9.17, 15) is 10.2 Å². The van der Waals surface area contributed by atoms with Crippen molar-refractivity contribution in [2.45, 2.75) is 18.9 Å². The molecule has 1 aromatic heterocycles. The van der Waals surface area contributed by atoms with Gasteiger partial charge in [-0.3, -0.25) is 4.98 Å². The molecule has 1 fully saturated rings. The first-order chi connectivity index (χ1) is 9.79. The highest BCUT2D eigenvalue weighted by atomic mass is 16.3. The van der Waals surface area contributed by atoms with E-state index in [4.69, 9.17) is 0 Å². The number of aromatic nitrogens is 2. The SMILES string of the molecule is OCC1CCCN1c1nccnc1-c1cccc(O)c1. The van der Waals surface area contributed by atoms with Crippen LogP contribution in [0.25, 0.3) is 11.3 Å². The molecule has 2 N–H and O–H groups in total. The lowest BCUT2D eigenvalue weighted by atomic mass is 10.1. The Labute approximate surface area is 117 Å². The second-order valence-corrected chi connectivity index (χ2v) is 4.95. The van der Waals surface area contributed by atoms with Gasteiger partial charge in [0.1, 0.15) is 11.4 Å². The van der Waals surface area contributed by atoms with E-state index < -0.39 is 0 Å².